The van der Waals surface area contributed by atoms with Gasteiger partial charge in [-0.15, -0.1) is 0 Å². The molecule has 1 nitrogen and oxygen atoms in total. The van der Waals surface area contributed by atoms with Crippen LogP contribution in [0.1, 0.15) is 55.4 Å². The molecule has 10 radical (unpaired) electrons. The predicted octanol–water partition coefficient (Wildman–Crippen LogP) is 4.52. The molecule has 0 aliphatic heterocycles. The smallest absolute Gasteiger partial charge is 0.396 e. The van der Waals surface area contributed by atoms with Crippen molar-refractivity contribution >= 4 is 0 Å². The van der Waals surface area contributed by atoms with E-state index in [4.69, 9.17) is 5.11 Å². The molecule has 0 amide bonds. The Morgan fingerprint density at radius 3 is 1.10 bits per heavy atom. The van der Waals surface area contributed by atoms with Crippen molar-refractivity contribution in [1.82, 2.24) is 0 Å². The van der Waals surface area contributed by atoms with E-state index in [1.54, 1.807) is 0 Å². The molecule has 0 unspecified atom stereocenters. The Kier molecular flexibility index (Phi) is 9.15. The molecule has 2 aliphatic carbocycles. The summed E-state index contributed by atoms with van der Waals surface area (Å²) in [5, 5.41) is 9.04. The molecule has 2 aliphatic rings. The van der Waals surface area contributed by atoms with Crippen molar-refractivity contribution in [3.8, 4) is 0 Å². The molecule has 0 aromatic carbocycles. The van der Waals surface area contributed by atoms with Gasteiger partial charge < -0.3 is 5.11 Å². The molecule has 0 saturated heterocycles. The van der Waals surface area contributed by atoms with Crippen LogP contribution in [-0.4, -0.2) is 11.7 Å². The predicted molar refractivity (Wildman–Crippen MR) is 86.0 cm³/mol. The van der Waals surface area contributed by atoms with E-state index < -0.39 is 0 Å². The quantitative estimate of drug-likeness (QED) is 0.702. The van der Waals surface area contributed by atoms with Crippen LogP contribution in [0.15, 0.2) is 0 Å². The number of rotatable bonds is 1. The number of aliphatic hydroxyl groups is 1. The largest absolute Gasteiger partial charge is 2.00 e. The van der Waals surface area contributed by atoms with Crippen LogP contribution in [0.5, 0.6) is 0 Å². The Balaban J connectivity index is 0.000000370. The Hall–Kier alpha value is 0.479. The van der Waals surface area contributed by atoms with Gasteiger partial charge in [0.25, 0.3) is 0 Å². The monoisotopic (exact) mass is 328 g/mol. The first-order chi connectivity index (χ1) is 9.22. The fourth-order valence-corrected chi connectivity index (χ4v) is 2.67. The zero-order valence-corrected chi connectivity index (χ0v) is 15.7. The average Bonchev–Trinajstić information content (AvgIpc) is 2.74. The van der Waals surface area contributed by atoms with Gasteiger partial charge in [0, 0.05) is 5.92 Å². The molecule has 116 valence electrons. The van der Waals surface area contributed by atoms with Crippen molar-refractivity contribution < 1.29 is 22.2 Å². The van der Waals surface area contributed by atoms with Gasteiger partial charge in [0.15, 0.2) is 0 Å². The third-order valence-electron chi connectivity index (χ3n) is 4.93. The zero-order valence-electron chi connectivity index (χ0n) is 14.6. The summed E-state index contributed by atoms with van der Waals surface area (Å²) in [4.78, 5) is 0. The Morgan fingerprint density at radius 1 is 0.619 bits per heavy atom. The summed E-state index contributed by atoms with van der Waals surface area (Å²) < 4.78 is 0. The second-order valence-electron chi connectivity index (χ2n) is 5.90. The van der Waals surface area contributed by atoms with Gasteiger partial charge in [-0.25, -0.2) is 0 Å². The summed E-state index contributed by atoms with van der Waals surface area (Å²) in [5.74, 6) is 12.0. The molecule has 0 heterocycles. The third-order valence-corrected chi connectivity index (χ3v) is 4.93. The Bertz CT molecular complexity index is 267. The van der Waals surface area contributed by atoms with Gasteiger partial charge in [-0.2, -0.15) is 0 Å². The second kappa shape index (κ2) is 8.94. The standard InChI is InChI=1S/C10H15O.C9H13.Fe/c1-6-7(2)9(4)10(5-11)8(6)3;1-6-5-7(2)9(4)8(6)3;/h11H,5H2,1-4H3;5H,1-4H3;/q;;+2. The maximum absolute atomic E-state index is 9.04. The van der Waals surface area contributed by atoms with E-state index in [9.17, 15) is 0 Å². The molecule has 0 spiro atoms. The minimum atomic E-state index is 0. The van der Waals surface area contributed by atoms with Crippen molar-refractivity contribution in [2.75, 3.05) is 6.61 Å². The van der Waals surface area contributed by atoms with Gasteiger partial charge in [0.05, 0.1) is 6.61 Å². The van der Waals surface area contributed by atoms with E-state index in [2.05, 4.69) is 61.8 Å². The molecule has 2 fully saturated rings. The van der Waals surface area contributed by atoms with Gasteiger partial charge in [-0.05, 0) is 53.8 Å². The minimum absolute atomic E-state index is 0. The van der Waals surface area contributed by atoms with Crippen molar-refractivity contribution in [1.29, 1.82) is 0 Å². The molecule has 2 saturated carbocycles. The molecular weight excluding hydrogens is 300 g/mol. The van der Waals surface area contributed by atoms with Crippen molar-refractivity contribution in [2.45, 2.75) is 55.4 Å². The maximum Gasteiger partial charge on any atom is 2.00 e. The van der Waals surface area contributed by atoms with E-state index in [0.29, 0.717) is 0 Å². The molecule has 21 heavy (non-hydrogen) atoms. The molecule has 2 rings (SSSR count). The first-order valence-electron chi connectivity index (χ1n) is 7.25. The second-order valence-corrected chi connectivity index (χ2v) is 5.90. The van der Waals surface area contributed by atoms with Gasteiger partial charge in [-0.3, -0.25) is 0 Å². The summed E-state index contributed by atoms with van der Waals surface area (Å²) in [7, 11) is 0. The molecule has 0 aromatic rings. The van der Waals surface area contributed by atoms with Crippen molar-refractivity contribution in [3.63, 3.8) is 0 Å². The molecule has 0 aromatic heterocycles. The van der Waals surface area contributed by atoms with Crippen molar-refractivity contribution in [2.24, 2.45) is 0 Å². The molecule has 0 bridgehead atoms. The van der Waals surface area contributed by atoms with Crippen LogP contribution in [-0.2, 0) is 17.1 Å². The number of hydrogen-bond acceptors (Lipinski definition) is 1. The third kappa shape index (κ3) is 4.72. The summed E-state index contributed by atoms with van der Waals surface area (Å²) in [6.45, 7) is 17.2. The summed E-state index contributed by atoms with van der Waals surface area (Å²) >= 11 is 0. The normalized spacial score (nSPS) is 26.1. The topological polar surface area (TPSA) is 20.2 Å². The van der Waals surface area contributed by atoms with Crippen LogP contribution in [0, 0.1) is 59.7 Å². The van der Waals surface area contributed by atoms with E-state index in [1.165, 1.54) is 47.3 Å². The van der Waals surface area contributed by atoms with Crippen LogP contribution in [0.4, 0.5) is 0 Å². The molecular formula is C19H28FeO+2. The summed E-state index contributed by atoms with van der Waals surface area (Å²) in [5.41, 5.74) is 0. The Morgan fingerprint density at radius 2 is 0.952 bits per heavy atom. The SMILES string of the molecule is C[C]1[CH][C](C)[C](C)[C]1C.C[C]1[C](C)[C](C)[C](CO)[C]1C.[Fe+2]. The fourth-order valence-electron chi connectivity index (χ4n) is 2.67. The molecule has 0 atom stereocenters. The van der Waals surface area contributed by atoms with E-state index in [0.717, 1.165) is 5.92 Å². The van der Waals surface area contributed by atoms with Gasteiger partial charge in [0.2, 0.25) is 0 Å². The summed E-state index contributed by atoms with van der Waals surface area (Å²) in [6.07, 6.45) is 2.24. The number of hydrogen-bond donors (Lipinski definition) is 1. The fraction of sp³-hybridized carbons (Fsp3) is 0.474. The first kappa shape index (κ1) is 21.5. The van der Waals surface area contributed by atoms with E-state index in [1.807, 2.05) is 0 Å². The van der Waals surface area contributed by atoms with E-state index in [-0.39, 0.29) is 23.7 Å². The maximum atomic E-state index is 9.04. The van der Waals surface area contributed by atoms with Gasteiger partial charge in [0.1, 0.15) is 0 Å². The van der Waals surface area contributed by atoms with Gasteiger partial charge in [-0.1, -0.05) is 55.4 Å². The van der Waals surface area contributed by atoms with Crippen LogP contribution in [0.3, 0.4) is 0 Å². The first-order valence-corrected chi connectivity index (χ1v) is 7.25. The van der Waals surface area contributed by atoms with Crippen molar-refractivity contribution in [3.05, 3.63) is 59.7 Å². The molecule has 1 N–H and O–H groups in total. The Labute approximate surface area is 144 Å². The zero-order chi connectivity index (χ0) is 15.6. The van der Waals surface area contributed by atoms with Crippen LogP contribution < -0.4 is 0 Å². The number of aliphatic hydroxyl groups excluding tert-OH is 1. The van der Waals surface area contributed by atoms with Crippen LogP contribution in [0.2, 0.25) is 0 Å². The average molecular weight is 328 g/mol. The van der Waals surface area contributed by atoms with Gasteiger partial charge >= 0.3 is 17.1 Å². The molecule has 2 heteroatoms. The summed E-state index contributed by atoms with van der Waals surface area (Å²) in [6, 6.07) is 0. The van der Waals surface area contributed by atoms with Crippen LogP contribution >= 0.6 is 0 Å². The minimum Gasteiger partial charge on any atom is -0.396 e. The van der Waals surface area contributed by atoms with Crippen LogP contribution in [0.25, 0.3) is 0 Å². The van der Waals surface area contributed by atoms with E-state index >= 15 is 0 Å².